The Morgan fingerprint density at radius 3 is 0.913 bits per heavy atom. The summed E-state index contributed by atoms with van der Waals surface area (Å²) in [6, 6.07) is 0. The van der Waals surface area contributed by atoms with Crippen molar-refractivity contribution in [3.8, 4) is 0 Å². The van der Waals surface area contributed by atoms with Crippen molar-refractivity contribution in [2.75, 3.05) is 13.2 Å². The highest BCUT2D eigenvalue weighted by Gasteiger charge is 2.19. The third-order valence-corrected chi connectivity index (χ3v) is 11.7. The molecule has 6 heteroatoms. The third-order valence-electron chi connectivity index (χ3n) is 11.7. The topological polar surface area (TPSA) is 78.9 Å². The van der Waals surface area contributed by atoms with E-state index >= 15 is 0 Å². The predicted octanol–water partition coefficient (Wildman–Crippen LogP) is 19.1. The van der Waals surface area contributed by atoms with Crippen molar-refractivity contribution < 1.29 is 28.6 Å². The molecule has 0 aliphatic heterocycles. The molecule has 0 N–H and O–H groups in total. The Labute approximate surface area is 425 Å². The molecule has 392 valence electrons. The maximum atomic E-state index is 12.8. The molecule has 0 saturated heterocycles. The van der Waals surface area contributed by atoms with Gasteiger partial charge in [0.2, 0.25) is 0 Å². The van der Waals surface area contributed by atoms with Crippen LogP contribution in [-0.4, -0.2) is 37.2 Å². The first kappa shape index (κ1) is 65.1. The lowest BCUT2D eigenvalue weighted by Crippen LogP contribution is -2.30. The normalized spacial score (nSPS) is 12.9. The molecule has 0 spiro atoms. The van der Waals surface area contributed by atoms with Crippen LogP contribution in [0.4, 0.5) is 0 Å². The van der Waals surface area contributed by atoms with Gasteiger partial charge >= 0.3 is 17.9 Å². The lowest BCUT2D eigenvalue weighted by molar-refractivity contribution is -0.167. The van der Waals surface area contributed by atoms with Gasteiger partial charge in [-0.2, -0.15) is 0 Å². The van der Waals surface area contributed by atoms with Crippen LogP contribution in [0.1, 0.15) is 252 Å². The highest BCUT2D eigenvalue weighted by atomic mass is 16.6. The molecule has 1 atom stereocenters. The highest BCUT2D eigenvalue weighted by molar-refractivity contribution is 5.71. The highest BCUT2D eigenvalue weighted by Crippen LogP contribution is 2.15. The SMILES string of the molecule is CC/C=C\C/C=C\C/C=C\C/C=C\C/C=C\CCCCCCCCCCCCCC(=O)OCC(COC(=O)CCCCCCC/C=C\CCCC)OC(=O)CCCCC/C=C\C/C=C\C/C=C\CC. The predicted molar refractivity (Wildman–Crippen MR) is 297 cm³/mol. The standard InChI is InChI=1S/C63H104O6/c1-4-7-10-13-16-19-22-24-25-26-27-28-29-30-31-32-33-34-35-36-37-39-41-44-47-50-53-56-62(65)68-59-60(58-67-61(64)55-52-49-46-43-40-21-18-15-12-9-6-3)69-63(66)57-54-51-48-45-42-38-23-20-17-14-11-8-5-2/h7-8,10-11,15-20,24-25,27-28,30-31,38,42,60H,4-6,9,12-14,21-23,26,29,32-37,39-41,43-59H2,1-3H3/b10-7-,11-8-,18-15-,19-16-,20-17-,25-24-,28-27-,31-30-,42-38-. The van der Waals surface area contributed by atoms with Gasteiger partial charge in [-0.25, -0.2) is 0 Å². The average molecular weight is 958 g/mol. The van der Waals surface area contributed by atoms with Crippen LogP contribution in [0.5, 0.6) is 0 Å². The van der Waals surface area contributed by atoms with E-state index in [2.05, 4.69) is 130 Å². The van der Waals surface area contributed by atoms with E-state index in [1.54, 1.807) is 0 Å². The van der Waals surface area contributed by atoms with Crippen LogP contribution >= 0.6 is 0 Å². The summed E-state index contributed by atoms with van der Waals surface area (Å²) in [4.78, 5) is 38.0. The molecule has 0 aliphatic carbocycles. The molecule has 69 heavy (non-hydrogen) atoms. The number of rotatable bonds is 50. The molecule has 0 aromatic rings. The molecule has 0 radical (unpaired) electrons. The minimum Gasteiger partial charge on any atom is -0.462 e. The number of hydrogen-bond acceptors (Lipinski definition) is 6. The fourth-order valence-electron chi connectivity index (χ4n) is 7.52. The van der Waals surface area contributed by atoms with Gasteiger partial charge in [-0.15, -0.1) is 0 Å². The maximum Gasteiger partial charge on any atom is 0.306 e. The van der Waals surface area contributed by atoms with Gasteiger partial charge in [-0.1, -0.05) is 226 Å². The van der Waals surface area contributed by atoms with Crippen molar-refractivity contribution in [3.63, 3.8) is 0 Å². The summed E-state index contributed by atoms with van der Waals surface area (Å²) in [5.41, 5.74) is 0. The second-order valence-corrected chi connectivity index (χ2v) is 18.4. The van der Waals surface area contributed by atoms with Gasteiger partial charge in [0.15, 0.2) is 6.10 Å². The summed E-state index contributed by atoms with van der Waals surface area (Å²) < 4.78 is 16.8. The van der Waals surface area contributed by atoms with Crippen molar-refractivity contribution >= 4 is 17.9 Å². The molecule has 6 nitrogen and oxygen atoms in total. The van der Waals surface area contributed by atoms with Gasteiger partial charge in [0.05, 0.1) is 0 Å². The van der Waals surface area contributed by atoms with Gasteiger partial charge in [0, 0.05) is 19.3 Å². The van der Waals surface area contributed by atoms with Crippen molar-refractivity contribution in [2.24, 2.45) is 0 Å². The molecule has 0 aromatic heterocycles. The Morgan fingerprint density at radius 1 is 0.304 bits per heavy atom. The zero-order valence-electron chi connectivity index (χ0n) is 44.8. The molecule has 1 unspecified atom stereocenters. The summed E-state index contributed by atoms with van der Waals surface area (Å²) in [5.74, 6) is -0.939. The van der Waals surface area contributed by atoms with Crippen molar-refractivity contribution in [3.05, 3.63) is 109 Å². The average Bonchev–Trinajstić information content (AvgIpc) is 3.35. The van der Waals surface area contributed by atoms with Crippen LogP contribution in [0.2, 0.25) is 0 Å². The molecule has 0 amide bonds. The first-order valence-corrected chi connectivity index (χ1v) is 28.4. The largest absolute Gasteiger partial charge is 0.462 e. The summed E-state index contributed by atoms with van der Waals surface area (Å²) in [6.45, 7) is 6.33. The lowest BCUT2D eigenvalue weighted by Gasteiger charge is -2.18. The van der Waals surface area contributed by atoms with Crippen molar-refractivity contribution in [2.45, 2.75) is 258 Å². The Kier molecular flexibility index (Phi) is 53.4. The van der Waals surface area contributed by atoms with Gasteiger partial charge in [-0.05, 0) is 116 Å². The van der Waals surface area contributed by atoms with E-state index in [1.165, 1.54) is 83.5 Å². The monoisotopic (exact) mass is 957 g/mol. The second kappa shape index (κ2) is 56.7. The first-order valence-electron chi connectivity index (χ1n) is 28.4. The molecule has 0 rings (SSSR count). The first-order chi connectivity index (χ1) is 34.0. The number of carbonyl (C=O) groups is 3. The van der Waals surface area contributed by atoms with Gasteiger partial charge in [0.1, 0.15) is 13.2 Å². The van der Waals surface area contributed by atoms with E-state index in [1.807, 2.05) is 0 Å². The number of carbonyl (C=O) groups excluding carboxylic acids is 3. The Morgan fingerprint density at radius 2 is 0.565 bits per heavy atom. The third kappa shape index (κ3) is 54.9. The minimum atomic E-state index is -0.798. The van der Waals surface area contributed by atoms with Crippen LogP contribution in [0.3, 0.4) is 0 Å². The van der Waals surface area contributed by atoms with Crippen LogP contribution < -0.4 is 0 Å². The smallest absolute Gasteiger partial charge is 0.306 e. The molecular formula is C63H104O6. The zero-order chi connectivity index (χ0) is 50.0. The summed E-state index contributed by atoms with van der Waals surface area (Å²) in [7, 11) is 0. The molecule has 0 fully saturated rings. The quantitative estimate of drug-likeness (QED) is 0.0262. The fourth-order valence-corrected chi connectivity index (χ4v) is 7.52. The van der Waals surface area contributed by atoms with Crippen LogP contribution in [-0.2, 0) is 28.6 Å². The van der Waals surface area contributed by atoms with Gasteiger partial charge in [0.25, 0.3) is 0 Å². The number of unbranched alkanes of at least 4 members (excludes halogenated alkanes) is 21. The molecule has 0 saturated carbocycles. The number of allylic oxidation sites excluding steroid dienone is 18. The summed E-state index contributed by atoms with van der Waals surface area (Å²) in [6.07, 6.45) is 76.6. The van der Waals surface area contributed by atoms with E-state index in [0.717, 1.165) is 128 Å². The summed E-state index contributed by atoms with van der Waals surface area (Å²) >= 11 is 0. The van der Waals surface area contributed by atoms with Crippen LogP contribution in [0, 0.1) is 0 Å². The van der Waals surface area contributed by atoms with E-state index < -0.39 is 6.10 Å². The van der Waals surface area contributed by atoms with Crippen LogP contribution in [0.25, 0.3) is 0 Å². The second-order valence-electron chi connectivity index (χ2n) is 18.4. The van der Waals surface area contributed by atoms with Crippen molar-refractivity contribution in [1.82, 2.24) is 0 Å². The van der Waals surface area contributed by atoms with Crippen LogP contribution in [0.15, 0.2) is 109 Å². The Hall–Kier alpha value is -3.93. The maximum absolute atomic E-state index is 12.8. The van der Waals surface area contributed by atoms with Gasteiger partial charge in [-0.3, -0.25) is 14.4 Å². The van der Waals surface area contributed by atoms with E-state index in [9.17, 15) is 14.4 Å². The Balaban J connectivity index is 4.26. The summed E-state index contributed by atoms with van der Waals surface area (Å²) in [5, 5.41) is 0. The van der Waals surface area contributed by atoms with E-state index in [-0.39, 0.29) is 37.5 Å². The van der Waals surface area contributed by atoms with E-state index in [0.29, 0.717) is 12.8 Å². The van der Waals surface area contributed by atoms with Crippen molar-refractivity contribution in [1.29, 1.82) is 0 Å². The zero-order valence-corrected chi connectivity index (χ0v) is 44.8. The minimum absolute atomic E-state index is 0.0950. The molecule has 0 aromatic carbocycles. The number of hydrogen-bond donors (Lipinski definition) is 0. The van der Waals surface area contributed by atoms with Gasteiger partial charge < -0.3 is 14.2 Å². The fraction of sp³-hybridized carbons (Fsp3) is 0.667. The van der Waals surface area contributed by atoms with E-state index in [4.69, 9.17) is 14.2 Å². The molecule has 0 heterocycles. The molecular weight excluding hydrogens is 853 g/mol. The molecule has 0 bridgehead atoms. The number of esters is 3. The number of ether oxygens (including phenoxy) is 3. The Bertz CT molecular complexity index is 1420. The molecule has 0 aliphatic rings. The lowest BCUT2D eigenvalue weighted by atomic mass is 10.0.